The number of hydrogen-bond donors (Lipinski definition) is 0. The zero-order valence-electron chi connectivity index (χ0n) is 46.4. The Morgan fingerprint density at radius 3 is 1.14 bits per heavy atom. The number of aromatic nitrogens is 5. The van der Waals surface area contributed by atoms with Gasteiger partial charge >= 0.3 is 6.18 Å². The van der Waals surface area contributed by atoms with Gasteiger partial charge in [-0.15, -0.1) is 0 Å². The van der Waals surface area contributed by atoms with Gasteiger partial charge in [-0.25, -0.2) is 19.8 Å². The second kappa shape index (κ2) is 18.4. The smallest absolute Gasteiger partial charge is 0.309 e. The van der Waals surface area contributed by atoms with Crippen LogP contribution in [0.15, 0.2) is 164 Å². The van der Waals surface area contributed by atoms with Gasteiger partial charge in [0.15, 0.2) is 23.2 Å². The molecule has 0 aliphatic carbocycles. The number of benzene rings is 8. The van der Waals surface area contributed by atoms with Crippen molar-refractivity contribution in [3.63, 3.8) is 0 Å². The summed E-state index contributed by atoms with van der Waals surface area (Å²) in [4.78, 5) is 19.6. The van der Waals surface area contributed by atoms with Crippen molar-refractivity contribution >= 4 is 49.3 Å². The lowest BCUT2D eigenvalue weighted by atomic mass is 9.85. The van der Waals surface area contributed by atoms with Crippen LogP contribution in [-0.4, -0.2) is 24.1 Å². The molecule has 0 bridgehead atoms. The minimum Gasteiger partial charge on any atom is -0.309 e. The van der Waals surface area contributed by atoms with Crippen LogP contribution in [0.1, 0.15) is 111 Å². The molecule has 0 unspecified atom stereocenters. The Balaban J connectivity index is 1.25. The molecule has 3 heterocycles. The maximum absolute atomic E-state index is 15.3. The number of hydrogen-bond acceptors (Lipinski definition) is 3. The molecule has 0 spiro atoms. The van der Waals surface area contributed by atoms with E-state index >= 15 is 13.2 Å². The van der Waals surface area contributed by atoms with Crippen molar-refractivity contribution in [2.24, 2.45) is 0 Å². The molecule has 0 fully saturated rings. The van der Waals surface area contributed by atoms with E-state index in [1.807, 2.05) is 54.6 Å². The first-order chi connectivity index (χ1) is 36.8. The molecule has 0 atom stereocenters. The summed E-state index contributed by atoms with van der Waals surface area (Å²) in [5, 5.41) is 4.17. The van der Waals surface area contributed by atoms with Crippen molar-refractivity contribution < 1.29 is 13.2 Å². The zero-order chi connectivity index (χ0) is 55.4. The highest BCUT2D eigenvalue weighted by atomic mass is 19.4. The van der Waals surface area contributed by atoms with E-state index in [0.29, 0.717) is 28.3 Å². The van der Waals surface area contributed by atoms with E-state index in [1.165, 1.54) is 17.2 Å². The molecule has 0 radical (unpaired) electrons. The summed E-state index contributed by atoms with van der Waals surface area (Å²) in [5.74, 6) is 0.634. The van der Waals surface area contributed by atoms with Crippen LogP contribution in [0.4, 0.5) is 18.9 Å². The number of rotatable bonds is 6. The first-order valence-corrected chi connectivity index (χ1v) is 26.6. The van der Waals surface area contributed by atoms with Gasteiger partial charge in [0.1, 0.15) is 0 Å². The average molecular weight is 1030 g/mol. The summed E-state index contributed by atoms with van der Waals surface area (Å²) < 4.78 is 50.2. The van der Waals surface area contributed by atoms with E-state index in [-0.39, 0.29) is 38.9 Å². The third-order valence-electron chi connectivity index (χ3n) is 15.3. The minimum absolute atomic E-state index is 0.0748. The molecule has 0 N–H and O–H groups in total. The van der Waals surface area contributed by atoms with Crippen molar-refractivity contribution in [3.8, 4) is 56.7 Å². The third kappa shape index (κ3) is 9.31. The van der Waals surface area contributed by atoms with Crippen LogP contribution in [0.25, 0.3) is 105 Å². The number of fused-ring (bicyclic) bond motifs is 6. The van der Waals surface area contributed by atoms with Crippen LogP contribution >= 0.6 is 0 Å². The van der Waals surface area contributed by atoms with Crippen LogP contribution in [-0.2, 0) is 27.8 Å². The number of alkyl halides is 3. The molecular formula is C69H63F3N6. The Morgan fingerprint density at radius 2 is 0.731 bits per heavy atom. The fraction of sp³-hybridized carbons (Fsp3) is 0.246. The summed E-state index contributed by atoms with van der Waals surface area (Å²) >= 11 is 0. The standard InChI is InChI=1S/C69H63F3N6/c1-65(2,3)44-23-29-56-50(36-44)51-37-45(66(4,5)6)24-30-57(51)77(56)60-28-22-43(42-20-17-21-49(34-42)73-13)35-54(60)63-74-62(41-18-15-14-16-19-41)75-64(76-63)55-40-48(69(70,71)72)27-33-61(55)78-58-31-25-46(67(7,8)9)38-52(58)53-39-47(68(10,11)12)26-32-59(53)78/h14-40H,1-12H3. The normalized spacial score (nSPS) is 12.8. The molecule has 0 saturated heterocycles. The molecule has 6 nitrogen and oxygen atoms in total. The molecule has 78 heavy (non-hydrogen) atoms. The third-order valence-corrected chi connectivity index (χ3v) is 15.3. The predicted molar refractivity (Wildman–Crippen MR) is 316 cm³/mol. The van der Waals surface area contributed by atoms with Crippen molar-refractivity contribution in [3.05, 3.63) is 203 Å². The van der Waals surface area contributed by atoms with Crippen LogP contribution in [0, 0.1) is 6.57 Å². The molecule has 0 aliphatic rings. The second-order valence-electron chi connectivity index (χ2n) is 24.9. The Kier molecular flexibility index (Phi) is 12.2. The molecule has 0 aliphatic heterocycles. The Bertz CT molecular complexity index is 4090. The SMILES string of the molecule is [C-]#[N+]c1cccc(-c2ccc(-n3c4ccc(C(C)(C)C)cc4c4cc(C(C)(C)C)ccc43)c(-c3nc(-c4ccccc4)nc(-c4cc(C(F)(F)F)ccc4-n4c5ccc(C(C)(C)C)cc5c5cc(C(C)(C)C)ccc54)n3)c2)c1. The molecular weight excluding hydrogens is 970 g/mol. The lowest BCUT2D eigenvalue weighted by molar-refractivity contribution is -0.137. The van der Waals surface area contributed by atoms with Gasteiger partial charge in [-0.2, -0.15) is 13.2 Å². The van der Waals surface area contributed by atoms with Gasteiger partial charge < -0.3 is 9.13 Å². The maximum atomic E-state index is 15.3. The second-order valence-corrected chi connectivity index (χ2v) is 24.9. The Labute approximate surface area is 455 Å². The van der Waals surface area contributed by atoms with Gasteiger partial charge in [-0.05, 0) is 140 Å². The van der Waals surface area contributed by atoms with Crippen LogP contribution in [0.2, 0.25) is 0 Å². The fourth-order valence-electron chi connectivity index (χ4n) is 10.7. The van der Waals surface area contributed by atoms with Gasteiger partial charge in [-0.1, -0.05) is 162 Å². The maximum Gasteiger partial charge on any atom is 0.416 e. The molecule has 11 rings (SSSR count). The van der Waals surface area contributed by atoms with Crippen LogP contribution in [0.5, 0.6) is 0 Å². The minimum atomic E-state index is -4.69. The Hall–Kier alpha value is -8.35. The highest BCUT2D eigenvalue weighted by Gasteiger charge is 2.33. The molecule has 8 aromatic carbocycles. The molecule has 0 amide bonds. The predicted octanol–water partition coefficient (Wildman–Crippen LogP) is 19.5. The zero-order valence-corrected chi connectivity index (χ0v) is 46.4. The van der Waals surface area contributed by atoms with E-state index in [1.54, 1.807) is 12.1 Å². The highest BCUT2D eigenvalue weighted by molar-refractivity contribution is 6.11. The molecule has 11 aromatic rings. The van der Waals surface area contributed by atoms with Gasteiger partial charge in [0.05, 0.1) is 45.6 Å². The summed E-state index contributed by atoms with van der Waals surface area (Å²) in [6, 6.07) is 53.3. The lowest BCUT2D eigenvalue weighted by Gasteiger charge is -2.20. The van der Waals surface area contributed by atoms with E-state index in [0.717, 1.165) is 77.6 Å². The molecule has 3 aromatic heterocycles. The van der Waals surface area contributed by atoms with Gasteiger partial charge in [0.25, 0.3) is 0 Å². The van der Waals surface area contributed by atoms with Gasteiger partial charge in [0.2, 0.25) is 0 Å². The summed E-state index contributed by atoms with van der Waals surface area (Å²) in [6.07, 6.45) is -4.69. The van der Waals surface area contributed by atoms with Gasteiger partial charge in [-0.3, -0.25) is 0 Å². The van der Waals surface area contributed by atoms with E-state index in [9.17, 15) is 0 Å². The first-order valence-electron chi connectivity index (χ1n) is 26.6. The van der Waals surface area contributed by atoms with E-state index < -0.39 is 11.7 Å². The topological polar surface area (TPSA) is 52.9 Å². The van der Waals surface area contributed by atoms with Crippen LogP contribution in [0.3, 0.4) is 0 Å². The number of nitrogens with zero attached hydrogens (tertiary/aromatic N) is 6. The monoisotopic (exact) mass is 1030 g/mol. The fourth-order valence-corrected chi connectivity index (χ4v) is 10.7. The van der Waals surface area contributed by atoms with Crippen molar-refractivity contribution in [2.75, 3.05) is 0 Å². The lowest BCUT2D eigenvalue weighted by Crippen LogP contribution is -2.11. The largest absolute Gasteiger partial charge is 0.416 e. The van der Waals surface area contributed by atoms with Crippen LogP contribution < -0.4 is 0 Å². The Morgan fingerprint density at radius 1 is 0.359 bits per heavy atom. The molecule has 390 valence electrons. The average Bonchev–Trinajstić information content (AvgIpc) is 4.13. The molecule has 9 heteroatoms. The van der Waals surface area contributed by atoms with E-state index in [4.69, 9.17) is 21.5 Å². The van der Waals surface area contributed by atoms with Crippen molar-refractivity contribution in [1.82, 2.24) is 24.1 Å². The summed E-state index contributed by atoms with van der Waals surface area (Å²) in [6.45, 7) is 34.3. The number of halogens is 3. The van der Waals surface area contributed by atoms with Gasteiger partial charge in [0, 0.05) is 38.2 Å². The summed E-state index contributed by atoms with van der Waals surface area (Å²) in [5.41, 5.74) is 11.7. The first kappa shape index (κ1) is 51.7. The van der Waals surface area contributed by atoms with E-state index in [2.05, 4.69) is 182 Å². The highest BCUT2D eigenvalue weighted by Crippen LogP contribution is 2.45. The quantitative estimate of drug-likeness (QED) is 0.156. The summed E-state index contributed by atoms with van der Waals surface area (Å²) in [7, 11) is 0. The molecule has 0 saturated carbocycles. The van der Waals surface area contributed by atoms with Crippen molar-refractivity contribution in [2.45, 2.75) is 111 Å². The van der Waals surface area contributed by atoms with Crippen molar-refractivity contribution in [1.29, 1.82) is 0 Å².